The highest BCUT2D eigenvalue weighted by Gasteiger charge is 2.26. The first-order valence-electron chi connectivity index (χ1n) is 8.18. The van der Waals surface area contributed by atoms with Crippen molar-refractivity contribution >= 4 is 23.3 Å². The standard InChI is InChI=1S/C19H20N2O4/c1-10-12(19(24)25-3)6-4-7-13(10)21-18(23)17-11(2)16-14(20-17)8-5-9-15(16)22/h4,6-7,20H,5,8-9H2,1-3H3,(H,21,23). The Hall–Kier alpha value is -2.89. The molecule has 0 radical (unpaired) electrons. The molecule has 2 N–H and O–H groups in total. The number of H-pyrrole nitrogens is 1. The number of aromatic amines is 1. The Kier molecular flexibility index (Phi) is 4.44. The van der Waals surface area contributed by atoms with Crippen LogP contribution in [0.4, 0.5) is 5.69 Å². The zero-order valence-electron chi connectivity index (χ0n) is 14.5. The molecule has 1 heterocycles. The van der Waals surface area contributed by atoms with Crippen LogP contribution in [0.3, 0.4) is 0 Å². The van der Waals surface area contributed by atoms with Crippen LogP contribution in [0.5, 0.6) is 0 Å². The predicted molar refractivity (Wildman–Crippen MR) is 93.3 cm³/mol. The minimum absolute atomic E-state index is 0.0814. The summed E-state index contributed by atoms with van der Waals surface area (Å²) in [5, 5.41) is 2.82. The molecule has 0 spiro atoms. The SMILES string of the molecule is COC(=O)c1cccc(NC(=O)c2[nH]c3c(c2C)C(=O)CCC3)c1C. The second-order valence-electron chi connectivity index (χ2n) is 6.18. The van der Waals surface area contributed by atoms with Crippen molar-refractivity contribution in [2.75, 3.05) is 12.4 Å². The van der Waals surface area contributed by atoms with Crippen LogP contribution in [-0.2, 0) is 11.2 Å². The van der Waals surface area contributed by atoms with E-state index in [0.717, 1.165) is 18.5 Å². The summed E-state index contributed by atoms with van der Waals surface area (Å²) in [5.41, 5.74) is 4.12. The third kappa shape index (κ3) is 2.95. The Morgan fingerprint density at radius 3 is 2.60 bits per heavy atom. The molecule has 0 atom stereocenters. The minimum atomic E-state index is -0.453. The summed E-state index contributed by atoms with van der Waals surface area (Å²) in [4.78, 5) is 39.7. The van der Waals surface area contributed by atoms with Crippen molar-refractivity contribution in [1.82, 2.24) is 4.98 Å². The normalized spacial score (nSPS) is 13.3. The van der Waals surface area contributed by atoms with Crippen LogP contribution in [0.2, 0.25) is 0 Å². The Labute approximate surface area is 145 Å². The number of carbonyl (C=O) groups excluding carboxylic acids is 3. The molecule has 0 saturated heterocycles. The fourth-order valence-electron chi connectivity index (χ4n) is 3.29. The van der Waals surface area contributed by atoms with Crippen LogP contribution < -0.4 is 5.32 Å². The van der Waals surface area contributed by atoms with Gasteiger partial charge in [0.2, 0.25) is 0 Å². The lowest BCUT2D eigenvalue weighted by molar-refractivity contribution is 0.0599. The van der Waals surface area contributed by atoms with E-state index < -0.39 is 5.97 Å². The molecule has 0 saturated carbocycles. The number of nitrogens with one attached hydrogen (secondary N) is 2. The third-order valence-electron chi connectivity index (χ3n) is 4.65. The van der Waals surface area contributed by atoms with E-state index in [1.807, 2.05) is 0 Å². The molecule has 1 amide bonds. The minimum Gasteiger partial charge on any atom is -0.465 e. The average molecular weight is 340 g/mol. The van der Waals surface area contributed by atoms with Gasteiger partial charge < -0.3 is 15.0 Å². The van der Waals surface area contributed by atoms with Crippen molar-refractivity contribution in [2.24, 2.45) is 0 Å². The van der Waals surface area contributed by atoms with Crippen molar-refractivity contribution in [1.29, 1.82) is 0 Å². The van der Waals surface area contributed by atoms with Gasteiger partial charge in [-0.15, -0.1) is 0 Å². The van der Waals surface area contributed by atoms with Gasteiger partial charge in [0, 0.05) is 23.4 Å². The number of methoxy groups -OCH3 is 1. The fraction of sp³-hybridized carbons (Fsp3) is 0.316. The number of aromatic nitrogens is 1. The number of ether oxygens (including phenoxy) is 1. The van der Waals surface area contributed by atoms with Gasteiger partial charge in [-0.2, -0.15) is 0 Å². The zero-order valence-corrected chi connectivity index (χ0v) is 14.5. The van der Waals surface area contributed by atoms with E-state index in [0.29, 0.717) is 40.1 Å². The van der Waals surface area contributed by atoms with Crippen molar-refractivity contribution < 1.29 is 19.1 Å². The van der Waals surface area contributed by atoms with Gasteiger partial charge in [0.1, 0.15) is 5.69 Å². The molecule has 1 aromatic carbocycles. The van der Waals surface area contributed by atoms with Crippen LogP contribution in [0.1, 0.15) is 60.9 Å². The lowest BCUT2D eigenvalue weighted by atomic mass is 9.94. The van der Waals surface area contributed by atoms with Gasteiger partial charge in [0.15, 0.2) is 5.78 Å². The quantitative estimate of drug-likeness (QED) is 0.840. The number of amides is 1. The molecule has 2 aromatic rings. The summed E-state index contributed by atoms with van der Waals surface area (Å²) in [6.45, 7) is 3.53. The Morgan fingerprint density at radius 1 is 1.16 bits per heavy atom. The zero-order chi connectivity index (χ0) is 18.1. The molecule has 1 aromatic heterocycles. The van der Waals surface area contributed by atoms with Crippen molar-refractivity contribution in [3.8, 4) is 0 Å². The highest BCUT2D eigenvalue weighted by atomic mass is 16.5. The van der Waals surface area contributed by atoms with E-state index in [2.05, 4.69) is 10.3 Å². The number of Topliss-reactive ketones (excluding diaryl/α,β-unsaturated/α-hetero) is 1. The monoisotopic (exact) mass is 340 g/mol. The van der Waals surface area contributed by atoms with Gasteiger partial charge in [0.25, 0.3) is 5.91 Å². The number of benzene rings is 1. The number of hydrogen-bond donors (Lipinski definition) is 2. The molecular weight excluding hydrogens is 320 g/mol. The number of fused-ring (bicyclic) bond motifs is 1. The van der Waals surface area contributed by atoms with E-state index >= 15 is 0 Å². The molecule has 0 unspecified atom stereocenters. The maximum absolute atomic E-state index is 12.7. The molecular formula is C19H20N2O4. The number of hydrogen-bond acceptors (Lipinski definition) is 4. The van der Waals surface area contributed by atoms with Crippen molar-refractivity contribution in [3.05, 3.63) is 51.8 Å². The summed E-state index contributed by atoms with van der Waals surface area (Å²) in [6.07, 6.45) is 2.09. The van der Waals surface area contributed by atoms with E-state index in [1.165, 1.54) is 7.11 Å². The second kappa shape index (κ2) is 6.55. The molecule has 130 valence electrons. The largest absolute Gasteiger partial charge is 0.465 e. The van der Waals surface area contributed by atoms with Crippen molar-refractivity contribution in [2.45, 2.75) is 33.1 Å². The highest BCUT2D eigenvalue weighted by molar-refractivity contribution is 6.09. The molecule has 0 aliphatic heterocycles. The molecule has 25 heavy (non-hydrogen) atoms. The molecule has 6 nitrogen and oxygen atoms in total. The lowest BCUT2D eigenvalue weighted by Gasteiger charge is -2.11. The van der Waals surface area contributed by atoms with E-state index in [1.54, 1.807) is 32.0 Å². The maximum atomic E-state index is 12.7. The van der Waals surface area contributed by atoms with Crippen LogP contribution in [-0.4, -0.2) is 29.8 Å². The predicted octanol–water partition coefficient (Wildman–Crippen LogP) is 3.19. The fourth-order valence-corrected chi connectivity index (χ4v) is 3.29. The van der Waals surface area contributed by atoms with E-state index in [9.17, 15) is 14.4 Å². The topological polar surface area (TPSA) is 88.3 Å². The Bertz CT molecular complexity index is 880. The number of aryl methyl sites for hydroxylation is 1. The molecule has 3 rings (SSSR count). The van der Waals surface area contributed by atoms with E-state index in [-0.39, 0.29) is 11.7 Å². The second-order valence-corrected chi connectivity index (χ2v) is 6.18. The highest BCUT2D eigenvalue weighted by Crippen LogP contribution is 2.27. The number of anilines is 1. The number of esters is 1. The maximum Gasteiger partial charge on any atom is 0.338 e. The molecule has 1 aliphatic carbocycles. The third-order valence-corrected chi connectivity index (χ3v) is 4.65. The number of rotatable bonds is 3. The molecule has 0 bridgehead atoms. The summed E-state index contributed by atoms with van der Waals surface area (Å²) in [5.74, 6) is -0.701. The number of ketones is 1. The first-order chi connectivity index (χ1) is 11.9. The Morgan fingerprint density at radius 2 is 1.92 bits per heavy atom. The van der Waals surface area contributed by atoms with Crippen LogP contribution >= 0.6 is 0 Å². The van der Waals surface area contributed by atoms with Gasteiger partial charge in [0.05, 0.1) is 12.7 Å². The van der Waals surface area contributed by atoms with Crippen molar-refractivity contribution in [3.63, 3.8) is 0 Å². The van der Waals surface area contributed by atoms with Gasteiger partial charge in [-0.05, 0) is 49.9 Å². The first-order valence-corrected chi connectivity index (χ1v) is 8.18. The summed E-state index contributed by atoms with van der Waals surface area (Å²) in [6, 6.07) is 5.06. The van der Waals surface area contributed by atoms with Gasteiger partial charge in [-0.3, -0.25) is 9.59 Å². The van der Waals surface area contributed by atoms with Gasteiger partial charge in [-0.1, -0.05) is 6.07 Å². The average Bonchev–Trinajstić information content (AvgIpc) is 2.94. The summed E-state index contributed by atoms with van der Waals surface area (Å²) < 4.78 is 4.75. The molecule has 1 aliphatic rings. The first kappa shape index (κ1) is 17.0. The number of carbonyl (C=O) groups is 3. The van der Waals surface area contributed by atoms with E-state index in [4.69, 9.17) is 4.74 Å². The molecule has 6 heteroatoms. The van der Waals surface area contributed by atoms with Gasteiger partial charge in [-0.25, -0.2) is 4.79 Å². The van der Waals surface area contributed by atoms with Crippen LogP contribution in [0, 0.1) is 13.8 Å². The lowest BCUT2D eigenvalue weighted by Crippen LogP contribution is -2.16. The summed E-state index contributed by atoms with van der Waals surface area (Å²) >= 11 is 0. The van der Waals surface area contributed by atoms with Crippen LogP contribution in [0.15, 0.2) is 18.2 Å². The Balaban J connectivity index is 1.92. The van der Waals surface area contributed by atoms with Gasteiger partial charge >= 0.3 is 5.97 Å². The molecule has 0 fully saturated rings. The summed E-state index contributed by atoms with van der Waals surface area (Å²) in [7, 11) is 1.32. The smallest absolute Gasteiger partial charge is 0.338 e. The van der Waals surface area contributed by atoms with Crippen LogP contribution in [0.25, 0.3) is 0 Å².